The van der Waals surface area contributed by atoms with Crippen LogP contribution in [0.15, 0.2) is 0 Å². The van der Waals surface area contributed by atoms with Crippen molar-refractivity contribution in [2.75, 3.05) is 5.75 Å². The van der Waals surface area contributed by atoms with E-state index in [1.54, 1.807) is 15.8 Å². The summed E-state index contributed by atoms with van der Waals surface area (Å²) < 4.78 is 0. The second-order valence-corrected chi connectivity index (χ2v) is 10.5. The van der Waals surface area contributed by atoms with E-state index in [2.05, 4.69) is 13.8 Å². The summed E-state index contributed by atoms with van der Waals surface area (Å²) in [4.78, 5) is 0. The Bertz CT molecular complexity index is 77.1. The van der Waals surface area contributed by atoms with E-state index in [-0.39, 0.29) is 0 Å². The van der Waals surface area contributed by atoms with Crippen molar-refractivity contribution in [1.29, 1.82) is 0 Å². The first kappa shape index (κ1) is 13.9. The van der Waals surface area contributed by atoms with Crippen molar-refractivity contribution in [3.8, 4) is 0 Å². The average Bonchev–Trinajstić information content (AvgIpc) is 2.17. The summed E-state index contributed by atoms with van der Waals surface area (Å²) in [5.74, 6) is 0.995. The van der Waals surface area contributed by atoms with Gasteiger partial charge in [0.1, 0.15) is 0 Å². The van der Waals surface area contributed by atoms with Gasteiger partial charge < -0.3 is 0 Å². The van der Waals surface area contributed by atoms with Crippen molar-refractivity contribution in [3.63, 3.8) is 0 Å². The fourth-order valence-corrected chi connectivity index (χ4v) is 8.81. The van der Waals surface area contributed by atoms with Gasteiger partial charge in [0.05, 0.1) is 0 Å². The van der Waals surface area contributed by atoms with Gasteiger partial charge in [0, 0.05) is 0 Å². The quantitative estimate of drug-likeness (QED) is 0.446. The van der Waals surface area contributed by atoms with Gasteiger partial charge in [-0.25, -0.2) is 0 Å². The first-order valence-electron chi connectivity index (χ1n) is 5.76. The molecular weight excluding hydrogens is 237 g/mol. The van der Waals surface area contributed by atoms with Gasteiger partial charge in [-0.15, -0.1) is 0 Å². The first-order valence-corrected chi connectivity index (χ1v) is 10.8. The molecule has 0 aliphatic rings. The molecule has 0 saturated carbocycles. The van der Waals surface area contributed by atoms with E-state index in [0.717, 1.165) is 5.75 Å². The van der Waals surface area contributed by atoms with Crippen molar-refractivity contribution >= 4 is 27.0 Å². The minimum absolute atomic E-state index is 0.619. The molecule has 0 nitrogen and oxygen atoms in total. The van der Waals surface area contributed by atoms with Gasteiger partial charge in [-0.1, -0.05) is 0 Å². The van der Waals surface area contributed by atoms with Crippen LogP contribution in [0, 0.1) is 0 Å². The van der Waals surface area contributed by atoms with Gasteiger partial charge in [-0.2, -0.15) is 0 Å². The zero-order valence-electron chi connectivity index (χ0n) is 9.27. The molecule has 0 aromatic rings. The Kier molecular flexibility index (Phi) is 11.7. The van der Waals surface area contributed by atoms with Crippen LogP contribution in [0.1, 0.15) is 46.0 Å². The van der Waals surface area contributed by atoms with Gasteiger partial charge in [0.25, 0.3) is 0 Å². The van der Waals surface area contributed by atoms with Crippen LogP contribution in [-0.2, 0) is 12.6 Å². The summed E-state index contributed by atoms with van der Waals surface area (Å²) >= 11 is 4.40. The Labute approximate surface area is 94.4 Å². The van der Waals surface area contributed by atoms with Crippen LogP contribution in [0.4, 0.5) is 0 Å². The molecule has 2 heteroatoms. The molecule has 0 aromatic heterocycles. The molecule has 0 saturated heterocycles. The van der Waals surface area contributed by atoms with Gasteiger partial charge in [0.2, 0.25) is 0 Å². The Morgan fingerprint density at radius 3 is 1.69 bits per heavy atom. The van der Waals surface area contributed by atoms with E-state index in [0.29, 0.717) is 0 Å². The van der Waals surface area contributed by atoms with Gasteiger partial charge in [-0.3, -0.25) is 0 Å². The summed E-state index contributed by atoms with van der Waals surface area (Å²) in [7, 11) is 0. The topological polar surface area (TPSA) is 0 Å². The Hall–Kier alpha value is 0.893. The second-order valence-electron chi connectivity index (χ2n) is 3.76. The van der Waals surface area contributed by atoms with Gasteiger partial charge in [0.15, 0.2) is 0 Å². The van der Waals surface area contributed by atoms with E-state index in [1.807, 2.05) is 0 Å². The third kappa shape index (κ3) is 9.20. The van der Waals surface area contributed by atoms with Crippen molar-refractivity contribution < 1.29 is 0 Å². The molecular formula is C11H24GeS-. The van der Waals surface area contributed by atoms with Crippen molar-refractivity contribution in [1.82, 2.24) is 0 Å². The number of hydrogen-bond acceptors (Lipinski definition) is 1. The normalized spacial score (nSPS) is 11.1. The monoisotopic (exact) mass is 262 g/mol. The third-order valence-corrected chi connectivity index (χ3v) is 9.41. The molecule has 79 valence electrons. The van der Waals surface area contributed by atoms with Gasteiger partial charge in [-0.05, 0) is 0 Å². The molecule has 0 aliphatic carbocycles. The van der Waals surface area contributed by atoms with Crippen LogP contribution in [0.5, 0.6) is 0 Å². The van der Waals surface area contributed by atoms with E-state index in [9.17, 15) is 0 Å². The van der Waals surface area contributed by atoms with Crippen LogP contribution >= 0.6 is 0 Å². The Morgan fingerprint density at radius 1 is 0.846 bits per heavy atom. The van der Waals surface area contributed by atoms with Crippen LogP contribution in [0.3, 0.4) is 0 Å². The molecule has 1 radical (unpaired) electrons. The minimum atomic E-state index is -0.619. The maximum atomic E-state index is 5.02. The van der Waals surface area contributed by atoms with Crippen molar-refractivity contribution in [2.24, 2.45) is 0 Å². The molecule has 0 bridgehead atoms. The van der Waals surface area contributed by atoms with Crippen LogP contribution < -0.4 is 0 Å². The molecule has 0 heterocycles. The third-order valence-electron chi connectivity index (χ3n) is 2.44. The summed E-state index contributed by atoms with van der Waals surface area (Å²) in [5.41, 5.74) is 0. The number of unbranched alkanes of at least 4 members (excludes halogenated alkanes) is 2. The van der Waals surface area contributed by atoms with Crippen LogP contribution in [0.2, 0.25) is 15.8 Å². The van der Waals surface area contributed by atoms with Crippen molar-refractivity contribution in [2.45, 2.75) is 61.7 Å². The predicted molar refractivity (Wildman–Crippen MR) is 66.8 cm³/mol. The van der Waals surface area contributed by atoms with Crippen molar-refractivity contribution in [3.05, 3.63) is 0 Å². The molecule has 13 heavy (non-hydrogen) atoms. The molecule has 0 rings (SSSR count). The van der Waals surface area contributed by atoms with E-state index in [1.165, 1.54) is 32.1 Å². The molecule has 0 aromatic carbocycles. The van der Waals surface area contributed by atoms with E-state index >= 15 is 0 Å². The zero-order valence-corrected chi connectivity index (χ0v) is 12.2. The molecule has 0 fully saturated rings. The fourth-order valence-electron chi connectivity index (χ4n) is 1.55. The summed E-state index contributed by atoms with van der Waals surface area (Å²) in [5, 5.41) is 4.75. The molecule has 0 aliphatic heterocycles. The second kappa shape index (κ2) is 11.0. The Morgan fingerprint density at radius 2 is 1.31 bits per heavy atom. The fraction of sp³-hybridized carbons (Fsp3) is 1.00. The summed E-state index contributed by atoms with van der Waals surface area (Å²) in [6, 6.07) is 0. The zero-order chi connectivity index (χ0) is 9.94. The SMILES string of the molecule is CCC[CH2][Ge]([CH2]CCC)[CH2]CC[S-]. The van der Waals surface area contributed by atoms with E-state index < -0.39 is 14.3 Å². The average molecular weight is 261 g/mol. The van der Waals surface area contributed by atoms with Crippen LogP contribution in [-0.4, -0.2) is 20.1 Å². The standard InChI is InChI=1S/C11H25GeS/c1-3-5-8-12(9-6-4-2)10-7-11-13/h13H,3-11H2,1-2H3/p-1. The van der Waals surface area contributed by atoms with Gasteiger partial charge >= 0.3 is 94.4 Å². The van der Waals surface area contributed by atoms with Crippen LogP contribution in [0.25, 0.3) is 0 Å². The summed E-state index contributed by atoms with van der Waals surface area (Å²) in [6.45, 7) is 4.62. The predicted octanol–water partition coefficient (Wildman–Crippen LogP) is 4.02. The molecule has 0 atom stereocenters. The summed E-state index contributed by atoms with van der Waals surface area (Å²) in [6.07, 6.45) is 7.07. The number of hydrogen-bond donors (Lipinski definition) is 0. The molecule has 0 spiro atoms. The molecule has 0 N–H and O–H groups in total. The Balaban J connectivity index is 3.47. The molecule has 0 amide bonds. The van der Waals surface area contributed by atoms with E-state index in [4.69, 9.17) is 12.6 Å². The first-order chi connectivity index (χ1) is 6.35. The molecule has 0 unspecified atom stereocenters. The number of rotatable bonds is 9. The maximum absolute atomic E-state index is 5.02.